The van der Waals surface area contributed by atoms with E-state index < -0.39 is 68.9 Å². The lowest BCUT2D eigenvalue weighted by Crippen LogP contribution is -2.29. The molecule has 82 heavy (non-hydrogen) atoms. The number of ether oxygens (including phenoxy) is 5. The van der Waals surface area contributed by atoms with Gasteiger partial charge < -0.3 is 32.7 Å². The molecule has 0 spiro atoms. The van der Waals surface area contributed by atoms with Gasteiger partial charge >= 0.3 is 40.8 Å². The van der Waals surface area contributed by atoms with Crippen LogP contribution in [0.3, 0.4) is 0 Å². The predicted molar refractivity (Wildman–Crippen MR) is 316 cm³/mol. The predicted octanol–water partition coefficient (Wildman–Crippen LogP) is 15.0. The van der Waals surface area contributed by atoms with Crippen molar-refractivity contribution in [2.45, 2.75) is 111 Å². The molecule has 0 unspecified atom stereocenters. The zero-order valence-corrected chi connectivity index (χ0v) is 50.1. The average molecular weight is 1140 g/mol. The van der Waals surface area contributed by atoms with Gasteiger partial charge in [-0.1, -0.05) is 128 Å². The van der Waals surface area contributed by atoms with Gasteiger partial charge in [-0.15, -0.1) is 0 Å². The van der Waals surface area contributed by atoms with Gasteiger partial charge in [-0.25, -0.2) is 19.2 Å². The normalized spacial score (nSPS) is 17.4. The van der Waals surface area contributed by atoms with Crippen LogP contribution in [0.4, 0.5) is 0 Å². The van der Waals surface area contributed by atoms with E-state index >= 15 is 0 Å². The summed E-state index contributed by atoms with van der Waals surface area (Å²) in [7, 11) is -4.44. The first-order chi connectivity index (χ1) is 39.2. The van der Waals surface area contributed by atoms with Gasteiger partial charge in [0.05, 0.1) is 38.3 Å². The molecule has 0 aliphatic carbocycles. The lowest BCUT2D eigenvalue weighted by molar-refractivity contribution is 0.0506. The second-order valence-corrected chi connectivity index (χ2v) is 26.0. The minimum Gasteiger partial charge on any atom is -0.461 e. The number of hydrogen-bond donors (Lipinski definition) is 0. The maximum Gasteiger partial charge on any atom is 0.355 e. The first kappa shape index (κ1) is 56.0. The van der Waals surface area contributed by atoms with Crippen LogP contribution in [0.25, 0.3) is 0 Å². The van der Waals surface area contributed by atoms with Crippen molar-refractivity contribution in [2.75, 3.05) is 26.4 Å². The number of hydrogen-bond acceptors (Lipinski definition) is 11. The van der Waals surface area contributed by atoms with Gasteiger partial charge in [0.15, 0.2) is 23.0 Å². The second-order valence-electron chi connectivity index (χ2n) is 23.0. The molecule has 4 aromatic carbocycles. The fourth-order valence-corrected chi connectivity index (χ4v) is 15.4. The zero-order chi connectivity index (χ0) is 58.2. The molecule has 7 heterocycles. The summed E-state index contributed by atoms with van der Waals surface area (Å²) in [6, 6.07) is 43.0. The van der Waals surface area contributed by atoms with Gasteiger partial charge in [-0.05, 0) is 121 Å². The van der Waals surface area contributed by atoms with Crippen molar-refractivity contribution >= 4 is 40.8 Å². The highest BCUT2D eigenvalue weighted by atomic mass is 31.2. The Labute approximate surface area is 480 Å². The van der Waals surface area contributed by atoms with E-state index in [1.165, 1.54) is 0 Å². The maximum absolute atomic E-state index is 14.2. The summed E-state index contributed by atoms with van der Waals surface area (Å²) in [5.41, 5.74) is 7.85. The first-order valence-electron chi connectivity index (χ1n) is 27.9. The van der Waals surface area contributed by atoms with Gasteiger partial charge in [0.2, 0.25) is 0 Å². The molecule has 8 aromatic rings. The Morgan fingerprint density at radius 3 is 1.01 bits per heavy atom. The molecule has 17 heteroatoms. The third-order valence-electron chi connectivity index (χ3n) is 15.4. The molecule has 0 fully saturated rings. The molecule has 0 radical (unpaired) electrons. The van der Waals surface area contributed by atoms with Crippen molar-refractivity contribution in [2.24, 2.45) is 0 Å². The van der Waals surface area contributed by atoms with Crippen LogP contribution < -0.4 is 13.8 Å². The van der Waals surface area contributed by atoms with Gasteiger partial charge in [0.25, 0.3) is 0 Å². The van der Waals surface area contributed by atoms with Crippen LogP contribution in [0.5, 0.6) is 23.0 Å². The van der Waals surface area contributed by atoms with Crippen LogP contribution in [0, 0.1) is 0 Å². The largest absolute Gasteiger partial charge is 0.461 e. The summed E-state index contributed by atoms with van der Waals surface area (Å²) in [6.45, 7) is 24.8. The molecule has 11 rings (SSSR count). The van der Waals surface area contributed by atoms with Gasteiger partial charge in [-0.2, -0.15) is 0 Å². The summed E-state index contributed by atoms with van der Waals surface area (Å²) < 4.78 is 53.2. The van der Waals surface area contributed by atoms with Crippen molar-refractivity contribution in [3.8, 4) is 23.0 Å². The van der Waals surface area contributed by atoms with Crippen molar-refractivity contribution in [3.05, 3.63) is 212 Å². The van der Waals surface area contributed by atoms with Crippen LogP contribution in [0.15, 0.2) is 133 Å². The van der Waals surface area contributed by atoms with Crippen LogP contribution in [0.1, 0.15) is 193 Å². The van der Waals surface area contributed by atoms with Crippen LogP contribution in [0.2, 0.25) is 0 Å². The van der Waals surface area contributed by atoms with Gasteiger partial charge in [0, 0.05) is 39.3 Å². The fraction of sp³-hybridized carbons (Fsp3) is 0.323. The minimum absolute atomic E-state index is 0.134. The Bertz CT molecular complexity index is 3430. The molecule has 424 valence electrons. The quantitative estimate of drug-likeness (QED) is 0.0581. The lowest BCUT2D eigenvalue weighted by Gasteiger charge is -2.40. The van der Waals surface area contributed by atoms with E-state index in [4.69, 9.17) is 32.7 Å². The first-order valence-corrected chi connectivity index (χ1v) is 30.2. The zero-order valence-electron chi connectivity index (χ0n) is 48.4. The van der Waals surface area contributed by atoms with E-state index in [-0.39, 0.29) is 49.2 Å². The molecule has 0 atom stereocenters. The Hall–Kier alpha value is -7.86. The number of benzene rings is 4. The SMILES string of the molecule is CCOC(=O)c1ccc2n1P(Oc1cc(C(C)(C)C)cc3c1Oc1c(OP4n5c(C(=O)OCC)ccc5C(c5ccccc5)c5ccc(C(=O)OCC)n54)cc(C(C)(C)C)cc1C3(C)C)n1c(C(=O)OCC)ccc1C2c1ccccc1. The number of aromatic nitrogens is 4. The number of carbonyl (C=O) groups excluding carboxylic acids is 4. The molecule has 0 amide bonds. The van der Waals surface area contributed by atoms with Gasteiger partial charge in [-0.3, -0.25) is 17.4 Å². The van der Waals surface area contributed by atoms with E-state index in [1.54, 1.807) is 52.0 Å². The van der Waals surface area contributed by atoms with Crippen LogP contribution >= 0.6 is 16.9 Å². The molecule has 3 aliphatic heterocycles. The Kier molecular flexibility index (Phi) is 14.7. The highest BCUT2D eigenvalue weighted by Gasteiger charge is 2.47. The number of esters is 4. The number of nitrogens with zero attached hydrogens (tertiary/aromatic N) is 4. The third-order valence-corrected chi connectivity index (χ3v) is 19.2. The summed E-state index contributed by atoms with van der Waals surface area (Å²) in [5.74, 6) is -1.56. The Morgan fingerprint density at radius 2 is 0.744 bits per heavy atom. The monoisotopic (exact) mass is 1140 g/mol. The minimum atomic E-state index is -2.22. The molecule has 3 aliphatic rings. The van der Waals surface area contributed by atoms with E-state index in [1.807, 2.05) is 114 Å². The molecular formula is C65H68N4O11P2. The molecular weight excluding hydrogens is 1070 g/mol. The second kappa shape index (κ2) is 21.5. The average Bonchev–Trinajstić information content (AvgIpc) is 1.93. The highest BCUT2D eigenvalue weighted by molar-refractivity contribution is 7.50. The summed E-state index contributed by atoms with van der Waals surface area (Å²) in [6.07, 6.45) is 0. The number of carbonyl (C=O) groups is 4. The van der Waals surface area contributed by atoms with E-state index in [0.717, 1.165) is 56.2 Å². The fourth-order valence-electron chi connectivity index (χ4n) is 11.2. The summed E-state index contributed by atoms with van der Waals surface area (Å²) in [5, 5.41) is 0. The topological polar surface area (TPSA) is 153 Å². The lowest BCUT2D eigenvalue weighted by atomic mass is 9.72. The van der Waals surface area contributed by atoms with Crippen molar-refractivity contribution in [1.29, 1.82) is 0 Å². The highest BCUT2D eigenvalue weighted by Crippen LogP contribution is 2.63. The van der Waals surface area contributed by atoms with E-state index in [0.29, 0.717) is 23.0 Å². The Balaban J connectivity index is 1.14. The van der Waals surface area contributed by atoms with E-state index in [9.17, 15) is 19.2 Å². The van der Waals surface area contributed by atoms with Crippen molar-refractivity contribution in [3.63, 3.8) is 0 Å². The van der Waals surface area contributed by atoms with E-state index in [2.05, 4.69) is 67.5 Å². The number of rotatable bonds is 14. The molecule has 0 N–H and O–H groups in total. The van der Waals surface area contributed by atoms with Gasteiger partial charge in [0.1, 0.15) is 22.8 Å². The molecule has 4 aromatic heterocycles. The Morgan fingerprint density at radius 1 is 0.451 bits per heavy atom. The third kappa shape index (κ3) is 9.49. The summed E-state index contributed by atoms with van der Waals surface area (Å²) in [4.78, 5) is 57.0. The number of fused-ring (bicyclic) bond motifs is 6. The molecule has 0 bridgehead atoms. The maximum atomic E-state index is 14.2. The van der Waals surface area contributed by atoms with Crippen LogP contribution in [-0.2, 0) is 35.2 Å². The smallest absolute Gasteiger partial charge is 0.355 e. The molecule has 0 saturated heterocycles. The van der Waals surface area contributed by atoms with Crippen molar-refractivity contribution in [1.82, 2.24) is 17.4 Å². The summed E-state index contributed by atoms with van der Waals surface area (Å²) >= 11 is 0. The van der Waals surface area contributed by atoms with Crippen LogP contribution in [-0.4, -0.2) is 67.7 Å². The standard InChI is InChI=1S/C65H68N4O11P2/c1-13-74-59(70)49-31-27-45-55(39-23-19-17-20-24-39)46-28-32-50(60(71)75-14-2)67(46)81(66(45)49)79-53-37-41(63(5,6)7)35-43-57(53)78-58-44(65(43,11)12)36-42(64(8,9)10)38-54(58)80-82-68-47(29-33-51(68)61(72)76-15-3)56(40-25-21-18-22-26-40)48-30-34-52(69(48)82)62(73)77-16-4/h17-38,55-56H,13-16H2,1-12H3. The molecule has 15 nitrogen and oxygen atoms in total. The molecule has 0 saturated carbocycles. The van der Waals surface area contributed by atoms with Crippen molar-refractivity contribution < 1.29 is 51.9 Å².